The molecule has 2 aromatic carbocycles. The zero-order valence-corrected chi connectivity index (χ0v) is 16.4. The lowest BCUT2D eigenvalue weighted by atomic mass is 9.93. The summed E-state index contributed by atoms with van der Waals surface area (Å²) in [6.07, 6.45) is 3.65. The molecular weight excluding hydrogens is 386 g/mol. The van der Waals surface area contributed by atoms with Crippen LogP contribution in [0.25, 0.3) is 0 Å². The fourth-order valence-electron chi connectivity index (χ4n) is 3.70. The van der Waals surface area contributed by atoms with Crippen LogP contribution in [-0.4, -0.2) is 24.8 Å². The largest absolute Gasteiger partial charge is 0.311 e. The van der Waals surface area contributed by atoms with Crippen LogP contribution in [0.1, 0.15) is 23.5 Å². The SMILES string of the molecule is N#CCCN1C(=O)C(Cc2ccccc2)c2cc(S(=O)(=O)n3cccc3)ccc21. The van der Waals surface area contributed by atoms with E-state index >= 15 is 0 Å². The molecule has 29 heavy (non-hydrogen) atoms. The molecule has 7 heteroatoms. The van der Waals surface area contributed by atoms with E-state index in [1.165, 1.54) is 18.5 Å². The van der Waals surface area contributed by atoms with E-state index in [-0.39, 0.29) is 23.8 Å². The van der Waals surface area contributed by atoms with Gasteiger partial charge in [-0.1, -0.05) is 30.3 Å². The molecule has 0 spiro atoms. The number of carbonyl (C=O) groups is 1. The highest BCUT2D eigenvalue weighted by Crippen LogP contribution is 2.40. The first kappa shape index (κ1) is 19.0. The Morgan fingerprint density at radius 2 is 1.72 bits per heavy atom. The fourth-order valence-corrected chi connectivity index (χ4v) is 4.92. The molecule has 1 amide bonds. The highest BCUT2D eigenvalue weighted by atomic mass is 32.2. The van der Waals surface area contributed by atoms with Gasteiger partial charge >= 0.3 is 0 Å². The van der Waals surface area contributed by atoms with Crippen LogP contribution in [0.15, 0.2) is 78.0 Å². The lowest BCUT2D eigenvalue weighted by molar-refractivity contribution is -0.119. The molecule has 0 N–H and O–H groups in total. The molecule has 4 rings (SSSR count). The second kappa shape index (κ2) is 7.57. The summed E-state index contributed by atoms with van der Waals surface area (Å²) in [5.74, 6) is -0.583. The fraction of sp³-hybridized carbons (Fsp3) is 0.182. The van der Waals surface area contributed by atoms with E-state index in [2.05, 4.69) is 6.07 Å². The predicted octanol–water partition coefficient (Wildman–Crippen LogP) is 3.31. The lowest BCUT2D eigenvalue weighted by Crippen LogP contribution is -2.30. The molecule has 0 saturated heterocycles. The van der Waals surface area contributed by atoms with Gasteiger partial charge in [0.15, 0.2) is 0 Å². The first-order chi connectivity index (χ1) is 14.0. The van der Waals surface area contributed by atoms with E-state index in [9.17, 15) is 13.2 Å². The number of anilines is 1. The number of aromatic nitrogens is 1. The molecule has 146 valence electrons. The first-order valence-electron chi connectivity index (χ1n) is 9.27. The quantitative estimate of drug-likeness (QED) is 0.630. The van der Waals surface area contributed by atoms with Crippen molar-refractivity contribution >= 4 is 21.6 Å². The van der Waals surface area contributed by atoms with E-state index in [1.807, 2.05) is 30.3 Å². The van der Waals surface area contributed by atoms with Crippen LogP contribution in [-0.2, 0) is 21.2 Å². The van der Waals surface area contributed by atoms with Crippen molar-refractivity contribution in [2.75, 3.05) is 11.4 Å². The summed E-state index contributed by atoms with van der Waals surface area (Å²) in [6.45, 7) is 0.289. The van der Waals surface area contributed by atoms with Gasteiger partial charge in [-0.15, -0.1) is 0 Å². The topological polar surface area (TPSA) is 83.2 Å². The van der Waals surface area contributed by atoms with Crippen LogP contribution in [0.2, 0.25) is 0 Å². The Morgan fingerprint density at radius 1 is 1.00 bits per heavy atom. The minimum atomic E-state index is -3.73. The van der Waals surface area contributed by atoms with Crippen molar-refractivity contribution in [1.29, 1.82) is 5.26 Å². The van der Waals surface area contributed by atoms with Gasteiger partial charge in [-0.2, -0.15) is 5.26 Å². The Kier molecular flexibility index (Phi) is 4.95. The third-order valence-corrected chi connectivity index (χ3v) is 6.76. The van der Waals surface area contributed by atoms with Crippen molar-refractivity contribution in [3.8, 4) is 6.07 Å². The van der Waals surface area contributed by atoms with Crippen LogP contribution < -0.4 is 4.90 Å². The van der Waals surface area contributed by atoms with E-state index in [1.54, 1.807) is 29.2 Å². The number of benzene rings is 2. The average Bonchev–Trinajstić information content (AvgIpc) is 3.36. The number of hydrogen-bond acceptors (Lipinski definition) is 4. The van der Waals surface area contributed by atoms with Crippen molar-refractivity contribution in [2.24, 2.45) is 0 Å². The molecule has 0 fully saturated rings. The molecule has 2 heterocycles. The molecule has 1 aliphatic rings. The smallest absolute Gasteiger partial charge is 0.267 e. The molecule has 0 saturated carbocycles. The lowest BCUT2D eigenvalue weighted by Gasteiger charge is -2.16. The van der Waals surface area contributed by atoms with Crippen molar-refractivity contribution < 1.29 is 13.2 Å². The predicted molar refractivity (Wildman–Crippen MR) is 109 cm³/mol. The number of rotatable bonds is 6. The Hall–Kier alpha value is -3.37. The van der Waals surface area contributed by atoms with Crippen molar-refractivity contribution in [1.82, 2.24) is 3.97 Å². The van der Waals surface area contributed by atoms with E-state index < -0.39 is 15.9 Å². The normalized spacial score (nSPS) is 15.9. The van der Waals surface area contributed by atoms with Crippen LogP contribution in [0.4, 0.5) is 5.69 Å². The Balaban J connectivity index is 1.78. The Labute approximate surface area is 169 Å². The number of nitrogens with zero attached hydrogens (tertiary/aromatic N) is 3. The van der Waals surface area contributed by atoms with Gasteiger partial charge in [-0.25, -0.2) is 12.4 Å². The molecule has 0 radical (unpaired) electrons. The van der Waals surface area contributed by atoms with E-state index in [4.69, 9.17) is 5.26 Å². The van der Waals surface area contributed by atoms with Gasteiger partial charge in [0.1, 0.15) is 0 Å². The van der Waals surface area contributed by atoms with Gasteiger partial charge in [0.2, 0.25) is 5.91 Å². The van der Waals surface area contributed by atoms with E-state index in [0.717, 1.165) is 9.54 Å². The van der Waals surface area contributed by atoms with Crippen molar-refractivity contribution in [2.45, 2.75) is 23.7 Å². The Morgan fingerprint density at radius 3 is 2.41 bits per heavy atom. The molecule has 0 bridgehead atoms. The summed E-state index contributed by atoms with van der Waals surface area (Å²) in [5, 5.41) is 8.95. The van der Waals surface area contributed by atoms with Crippen molar-refractivity contribution in [3.63, 3.8) is 0 Å². The van der Waals surface area contributed by atoms with Crippen LogP contribution in [0, 0.1) is 11.3 Å². The number of fused-ring (bicyclic) bond motifs is 1. The van der Waals surface area contributed by atoms with Gasteiger partial charge in [0, 0.05) is 24.6 Å². The first-order valence-corrected chi connectivity index (χ1v) is 10.7. The molecule has 1 aromatic heterocycles. The standard InChI is InChI=1S/C22H19N3O3S/c23-11-6-14-25-21-10-9-18(29(27,28)24-12-4-5-13-24)16-19(21)20(22(25)26)15-17-7-2-1-3-8-17/h1-5,7-10,12-13,16,20H,6,14-15H2. The van der Waals surface area contributed by atoms with Gasteiger partial charge in [-0.3, -0.25) is 4.79 Å². The van der Waals surface area contributed by atoms with Gasteiger partial charge in [-0.05, 0) is 47.9 Å². The Bertz CT molecular complexity index is 1180. The van der Waals surface area contributed by atoms with Crippen LogP contribution >= 0.6 is 0 Å². The minimum absolute atomic E-state index is 0.102. The summed E-state index contributed by atoms with van der Waals surface area (Å²) in [7, 11) is -3.73. The minimum Gasteiger partial charge on any atom is -0.311 e. The maximum Gasteiger partial charge on any atom is 0.267 e. The summed E-state index contributed by atoms with van der Waals surface area (Å²) >= 11 is 0. The van der Waals surface area contributed by atoms with Gasteiger partial charge in [0.05, 0.1) is 23.3 Å². The second-order valence-corrected chi connectivity index (χ2v) is 8.72. The molecule has 0 aliphatic carbocycles. The molecular formula is C22H19N3O3S. The van der Waals surface area contributed by atoms with Crippen molar-refractivity contribution in [3.05, 3.63) is 84.2 Å². The molecule has 1 atom stereocenters. The van der Waals surface area contributed by atoms with Gasteiger partial charge in [0.25, 0.3) is 10.0 Å². The third kappa shape index (κ3) is 3.43. The number of hydrogen-bond donors (Lipinski definition) is 0. The highest BCUT2D eigenvalue weighted by Gasteiger charge is 2.38. The maximum atomic E-state index is 13.1. The number of carbonyl (C=O) groups excluding carboxylic acids is 1. The average molecular weight is 405 g/mol. The molecule has 3 aromatic rings. The van der Waals surface area contributed by atoms with E-state index in [0.29, 0.717) is 17.7 Å². The van der Waals surface area contributed by atoms with Gasteiger partial charge < -0.3 is 4.90 Å². The summed E-state index contributed by atoms with van der Waals surface area (Å²) in [4.78, 5) is 14.9. The third-order valence-electron chi connectivity index (χ3n) is 5.11. The van der Waals surface area contributed by atoms with Crippen LogP contribution in [0.5, 0.6) is 0 Å². The van der Waals surface area contributed by atoms with Crippen LogP contribution in [0.3, 0.4) is 0 Å². The zero-order chi connectivity index (χ0) is 20.4. The number of amides is 1. The molecule has 6 nitrogen and oxygen atoms in total. The molecule has 1 unspecified atom stereocenters. The summed E-state index contributed by atoms with van der Waals surface area (Å²) < 4.78 is 27.0. The summed E-state index contributed by atoms with van der Waals surface area (Å²) in [6, 6.07) is 19.8. The number of nitriles is 1. The highest BCUT2D eigenvalue weighted by molar-refractivity contribution is 7.90. The zero-order valence-electron chi connectivity index (χ0n) is 15.6. The molecule has 1 aliphatic heterocycles. The summed E-state index contributed by atoms with van der Waals surface area (Å²) in [5.41, 5.74) is 2.36. The monoisotopic (exact) mass is 405 g/mol. The second-order valence-electron chi connectivity index (χ2n) is 6.88. The maximum absolute atomic E-state index is 13.1.